The number of carbonyl (C=O) groups excluding carboxylic acids is 3. The SMILES string of the molecule is CCCCNC(=O)Nc1cc2c(Oc3ccc(NC(=O)C4CCCN(c5ccc(F)cc5)C4=O)cc3F)ncnc2cc1OCC. The Morgan fingerprint density at radius 3 is 2.54 bits per heavy atom. The van der Waals surface area contributed by atoms with Crippen molar-refractivity contribution < 1.29 is 32.6 Å². The molecule has 4 aromatic rings. The summed E-state index contributed by atoms with van der Waals surface area (Å²) in [6.07, 6.45) is 3.93. The predicted molar refractivity (Wildman–Crippen MR) is 169 cm³/mol. The van der Waals surface area contributed by atoms with E-state index < -0.39 is 35.4 Å². The molecule has 2 heterocycles. The number of amides is 4. The largest absolute Gasteiger partial charge is 0.492 e. The van der Waals surface area contributed by atoms with Crippen LogP contribution in [-0.2, 0) is 9.59 Å². The molecule has 13 heteroatoms. The van der Waals surface area contributed by atoms with Gasteiger partial charge < -0.3 is 30.3 Å². The molecule has 5 rings (SSSR count). The number of nitrogens with one attached hydrogen (secondary N) is 3. The highest BCUT2D eigenvalue weighted by Gasteiger charge is 2.35. The number of nitrogens with zero attached hydrogens (tertiary/aromatic N) is 3. The first kappa shape index (κ1) is 32.1. The van der Waals surface area contributed by atoms with E-state index in [-0.39, 0.29) is 17.3 Å². The van der Waals surface area contributed by atoms with Crippen LogP contribution in [-0.4, -0.2) is 47.5 Å². The van der Waals surface area contributed by atoms with Crippen LogP contribution in [0, 0.1) is 17.6 Å². The summed E-state index contributed by atoms with van der Waals surface area (Å²) in [5.74, 6) is -2.92. The Kier molecular flexibility index (Phi) is 10.2. The lowest BCUT2D eigenvalue weighted by Crippen LogP contribution is -2.46. The lowest BCUT2D eigenvalue weighted by atomic mass is 9.95. The van der Waals surface area contributed by atoms with Crippen molar-refractivity contribution in [2.75, 3.05) is 35.2 Å². The summed E-state index contributed by atoms with van der Waals surface area (Å²) < 4.78 is 40.2. The van der Waals surface area contributed by atoms with Gasteiger partial charge in [0.05, 0.1) is 23.2 Å². The fourth-order valence-corrected chi connectivity index (χ4v) is 5.05. The molecule has 0 bridgehead atoms. The Morgan fingerprint density at radius 2 is 1.80 bits per heavy atom. The van der Waals surface area contributed by atoms with Gasteiger partial charge in [-0.05, 0) is 68.7 Å². The summed E-state index contributed by atoms with van der Waals surface area (Å²) >= 11 is 0. The van der Waals surface area contributed by atoms with Crippen LogP contribution >= 0.6 is 0 Å². The van der Waals surface area contributed by atoms with Crippen LogP contribution < -0.4 is 30.3 Å². The predicted octanol–water partition coefficient (Wildman–Crippen LogP) is 6.40. The first-order valence-corrected chi connectivity index (χ1v) is 15.1. The van der Waals surface area contributed by atoms with Crippen molar-refractivity contribution in [2.24, 2.45) is 5.92 Å². The number of hydrogen-bond donors (Lipinski definition) is 3. The molecule has 46 heavy (non-hydrogen) atoms. The fraction of sp³-hybridized carbons (Fsp3) is 0.303. The number of anilines is 3. The maximum absolute atomic E-state index is 15.3. The fourth-order valence-electron chi connectivity index (χ4n) is 5.05. The standard InChI is InChI=1S/C33H34F2N6O5/c1-3-5-14-36-33(44)40-27-17-24-26(18-29(27)45-4-2)37-19-38-31(24)46-28-13-10-21(16-25(28)35)39-30(42)23-7-6-15-41(32(23)43)22-11-8-20(34)9-12-22/h8-13,16-19,23H,3-7,14-15H2,1-2H3,(H,39,42)(H2,36,40,44). The Hall–Kier alpha value is -5.33. The smallest absolute Gasteiger partial charge is 0.319 e. The molecule has 240 valence electrons. The molecule has 1 fully saturated rings. The van der Waals surface area contributed by atoms with Gasteiger partial charge in [-0.3, -0.25) is 9.59 Å². The molecule has 1 atom stereocenters. The number of aromatic nitrogens is 2. The van der Waals surface area contributed by atoms with Crippen LogP contribution in [0.2, 0.25) is 0 Å². The molecule has 4 amide bonds. The third kappa shape index (κ3) is 7.48. The van der Waals surface area contributed by atoms with Gasteiger partial charge in [-0.15, -0.1) is 0 Å². The Labute approximate surface area is 264 Å². The van der Waals surface area contributed by atoms with Gasteiger partial charge in [-0.2, -0.15) is 0 Å². The van der Waals surface area contributed by atoms with E-state index in [1.54, 1.807) is 12.1 Å². The van der Waals surface area contributed by atoms with Crippen molar-refractivity contribution in [1.29, 1.82) is 0 Å². The number of unbranched alkanes of at least 4 members (excludes halogenated alkanes) is 1. The number of benzene rings is 3. The molecular weight excluding hydrogens is 598 g/mol. The number of carbonyl (C=O) groups is 3. The summed E-state index contributed by atoms with van der Waals surface area (Å²) in [4.78, 5) is 48.5. The molecule has 3 aromatic carbocycles. The van der Waals surface area contributed by atoms with Crippen LogP contribution in [0.3, 0.4) is 0 Å². The molecule has 1 aromatic heterocycles. The van der Waals surface area contributed by atoms with Gasteiger partial charge in [0, 0.05) is 36.6 Å². The van der Waals surface area contributed by atoms with E-state index in [0.29, 0.717) is 60.6 Å². The van der Waals surface area contributed by atoms with Crippen LogP contribution in [0.15, 0.2) is 60.9 Å². The average molecular weight is 633 g/mol. The summed E-state index contributed by atoms with van der Waals surface area (Å²) in [6.45, 7) is 5.10. The van der Waals surface area contributed by atoms with Gasteiger partial charge in [0.2, 0.25) is 17.7 Å². The third-order valence-corrected chi connectivity index (χ3v) is 7.36. The Morgan fingerprint density at radius 1 is 1.00 bits per heavy atom. The monoisotopic (exact) mass is 632 g/mol. The summed E-state index contributed by atoms with van der Waals surface area (Å²) in [6, 6.07) is 12.2. The molecule has 0 spiro atoms. The second-order valence-corrected chi connectivity index (χ2v) is 10.6. The second kappa shape index (κ2) is 14.6. The molecule has 1 saturated heterocycles. The van der Waals surface area contributed by atoms with Crippen molar-refractivity contribution in [3.8, 4) is 17.4 Å². The molecule has 1 aliphatic rings. The van der Waals surface area contributed by atoms with Crippen molar-refractivity contribution in [3.63, 3.8) is 0 Å². The number of halogens is 2. The van der Waals surface area contributed by atoms with E-state index in [9.17, 15) is 18.8 Å². The van der Waals surface area contributed by atoms with Gasteiger partial charge in [0.15, 0.2) is 11.6 Å². The zero-order chi connectivity index (χ0) is 32.6. The van der Waals surface area contributed by atoms with E-state index in [0.717, 1.165) is 18.9 Å². The zero-order valence-corrected chi connectivity index (χ0v) is 25.4. The third-order valence-electron chi connectivity index (χ3n) is 7.36. The molecule has 0 radical (unpaired) electrons. The molecule has 0 saturated carbocycles. The van der Waals surface area contributed by atoms with Gasteiger partial charge in [0.1, 0.15) is 23.8 Å². The van der Waals surface area contributed by atoms with Crippen LogP contribution in [0.1, 0.15) is 39.5 Å². The van der Waals surface area contributed by atoms with E-state index in [2.05, 4.69) is 25.9 Å². The number of piperidine rings is 1. The maximum atomic E-state index is 15.3. The van der Waals surface area contributed by atoms with Gasteiger partial charge >= 0.3 is 6.03 Å². The van der Waals surface area contributed by atoms with E-state index in [1.165, 1.54) is 47.6 Å². The number of hydrogen-bond acceptors (Lipinski definition) is 7. The summed E-state index contributed by atoms with van der Waals surface area (Å²) in [5.41, 5.74) is 1.44. The topological polar surface area (TPSA) is 135 Å². The van der Waals surface area contributed by atoms with Crippen molar-refractivity contribution in [3.05, 3.63) is 72.6 Å². The van der Waals surface area contributed by atoms with Crippen LogP contribution in [0.25, 0.3) is 10.9 Å². The zero-order valence-electron chi connectivity index (χ0n) is 25.4. The normalized spacial score (nSPS) is 14.6. The van der Waals surface area contributed by atoms with E-state index in [1.807, 2.05) is 13.8 Å². The minimum atomic E-state index is -0.983. The minimum absolute atomic E-state index is 0.0341. The lowest BCUT2D eigenvalue weighted by Gasteiger charge is -2.31. The number of ether oxygens (including phenoxy) is 2. The molecule has 1 unspecified atom stereocenters. The van der Waals surface area contributed by atoms with Crippen LogP contribution in [0.4, 0.5) is 30.6 Å². The number of rotatable bonds is 11. The summed E-state index contributed by atoms with van der Waals surface area (Å²) in [5, 5.41) is 8.58. The molecule has 0 aliphatic carbocycles. The van der Waals surface area contributed by atoms with Crippen molar-refractivity contribution in [2.45, 2.75) is 39.5 Å². The highest BCUT2D eigenvalue weighted by molar-refractivity contribution is 6.12. The average Bonchev–Trinajstić information content (AvgIpc) is 3.03. The molecular formula is C33H34F2N6O5. The highest BCUT2D eigenvalue weighted by atomic mass is 19.1. The molecule has 3 N–H and O–H groups in total. The Bertz CT molecular complexity index is 1740. The van der Waals surface area contributed by atoms with E-state index in [4.69, 9.17) is 9.47 Å². The minimum Gasteiger partial charge on any atom is -0.492 e. The lowest BCUT2D eigenvalue weighted by molar-refractivity contribution is -0.132. The van der Waals surface area contributed by atoms with Crippen molar-refractivity contribution in [1.82, 2.24) is 15.3 Å². The van der Waals surface area contributed by atoms with Gasteiger partial charge in [0.25, 0.3) is 0 Å². The first-order chi connectivity index (χ1) is 22.3. The number of urea groups is 1. The summed E-state index contributed by atoms with van der Waals surface area (Å²) in [7, 11) is 0. The highest BCUT2D eigenvalue weighted by Crippen LogP contribution is 2.36. The first-order valence-electron chi connectivity index (χ1n) is 15.1. The Balaban J connectivity index is 1.31. The van der Waals surface area contributed by atoms with Crippen LogP contribution in [0.5, 0.6) is 17.4 Å². The van der Waals surface area contributed by atoms with Gasteiger partial charge in [-0.25, -0.2) is 23.5 Å². The quantitative estimate of drug-likeness (QED) is 0.129. The maximum Gasteiger partial charge on any atom is 0.319 e. The molecule has 1 aliphatic heterocycles. The van der Waals surface area contributed by atoms with E-state index >= 15 is 4.39 Å². The van der Waals surface area contributed by atoms with Crippen molar-refractivity contribution >= 4 is 45.8 Å². The van der Waals surface area contributed by atoms with Gasteiger partial charge in [-0.1, -0.05) is 13.3 Å². The number of fused-ring (bicyclic) bond motifs is 1. The molecule has 11 nitrogen and oxygen atoms in total. The second-order valence-electron chi connectivity index (χ2n) is 10.6.